The molecule has 5 heteroatoms. The normalized spacial score (nSPS) is 13.8. The molecule has 19 heavy (non-hydrogen) atoms. The van der Waals surface area contributed by atoms with Crippen LogP contribution < -0.4 is 0 Å². The van der Waals surface area contributed by atoms with Crippen molar-refractivity contribution in [2.24, 2.45) is 0 Å². The van der Waals surface area contributed by atoms with E-state index in [1.54, 1.807) is 26.0 Å². The van der Waals surface area contributed by atoms with Gasteiger partial charge in [0.1, 0.15) is 0 Å². The molecule has 0 spiro atoms. The molecular weight excluding hydrogens is 263 g/mol. The van der Waals surface area contributed by atoms with E-state index in [4.69, 9.17) is 9.05 Å². The number of aliphatic hydroxyl groups is 1. The molecule has 0 heterocycles. The molecule has 0 aliphatic rings. The van der Waals surface area contributed by atoms with Crippen LogP contribution in [0.3, 0.4) is 0 Å². The lowest BCUT2D eigenvalue weighted by molar-refractivity contribution is 0.150. The highest BCUT2D eigenvalue weighted by molar-refractivity contribution is 7.54. The maximum atomic E-state index is 12.4. The zero-order chi connectivity index (χ0) is 14.5. The predicted molar refractivity (Wildman–Crippen MR) is 76.3 cm³/mol. The minimum absolute atomic E-state index is 0.235. The van der Waals surface area contributed by atoms with E-state index in [9.17, 15) is 9.67 Å². The van der Waals surface area contributed by atoms with Gasteiger partial charge < -0.3 is 14.2 Å². The Balaban J connectivity index is 2.96. The van der Waals surface area contributed by atoms with Crippen LogP contribution in [0.1, 0.15) is 50.6 Å². The molecule has 0 bridgehead atoms. The first kappa shape index (κ1) is 16.4. The van der Waals surface area contributed by atoms with E-state index in [-0.39, 0.29) is 13.2 Å². The maximum absolute atomic E-state index is 12.4. The second-order valence-corrected chi connectivity index (χ2v) is 6.66. The Hall–Kier alpha value is -0.670. The second-order valence-electron chi connectivity index (χ2n) is 4.57. The standard InChI is InChI=1S/C14H23O4P/c1-5-17-19(16,18-6-2)14(15)13-9-7-12(8-10-13)11(3)4/h7-11,14-15H,5-6H2,1-4H3. The van der Waals surface area contributed by atoms with Gasteiger partial charge in [-0.05, 0) is 30.9 Å². The molecule has 0 saturated heterocycles. The summed E-state index contributed by atoms with van der Waals surface area (Å²) < 4.78 is 22.7. The van der Waals surface area contributed by atoms with Crippen molar-refractivity contribution in [3.05, 3.63) is 35.4 Å². The molecule has 0 radical (unpaired) electrons. The van der Waals surface area contributed by atoms with Gasteiger partial charge in [0.15, 0.2) is 5.85 Å². The molecular formula is C14H23O4P. The van der Waals surface area contributed by atoms with E-state index in [0.29, 0.717) is 11.5 Å². The number of rotatable bonds is 7. The highest BCUT2D eigenvalue weighted by Gasteiger charge is 2.35. The van der Waals surface area contributed by atoms with Gasteiger partial charge in [0.2, 0.25) is 0 Å². The number of benzene rings is 1. The SMILES string of the molecule is CCOP(=O)(OCC)C(O)c1ccc(C(C)C)cc1. The van der Waals surface area contributed by atoms with Gasteiger partial charge in [0.25, 0.3) is 0 Å². The first-order valence-corrected chi connectivity index (χ1v) is 8.22. The molecule has 1 unspecified atom stereocenters. The van der Waals surface area contributed by atoms with Crippen LogP contribution in [0.5, 0.6) is 0 Å². The Bertz CT molecular complexity index is 418. The summed E-state index contributed by atoms with van der Waals surface area (Å²) in [5.74, 6) is -0.828. The molecule has 1 rings (SSSR count). The lowest BCUT2D eigenvalue weighted by atomic mass is 10.0. The van der Waals surface area contributed by atoms with Gasteiger partial charge in [-0.1, -0.05) is 38.1 Å². The zero-order valence-electron chi connectivity index (χ0n) is 12.0. The fourth-order valence-corrected chi connectivity index (χ4v) is 3.39. The van der Waals surface area contributed by atoms with Crippen LogP contribution in [0.25, 0.3) is 0 Å². The van der Waals surface area contributed by atoms with Crippen molar-refractivity contribution >= 4 is 7.60 Å². The smallest absolute Gasteiger partial charge is 0.363 e. The minimum Gasteiger partial charge on any atom is -0.376 e. The molecule has 108 valence electrons. The average molecular weight is 286 g/mol. The first-order chi connectivity index (χ1) is 8.94. The molecule has 0 aromatic heterocycles. The number of aliphatic hydroxyl groups excluding tert-OH is 1. The second kappa shape index (κ2) is 7.20. The van der Waals surface area contributed by atoms with Crippen LogP contribution in [0.4, 0.5) is 0 Å². The van der Waals surface area contributed by atoms with Crippen molar-refractivity contribution in [1.29, 1.82) is 0 Å². The highest BCUT2D eigenvalue weighted by Crippen LogP contribution is 2.59. The van der Waals surface area contributed by atoms with Crippen LogP contribution in [-0.4, -0.2) is 18.3 Å². The van der Waals surface area contributed by atoms with Gasteiger partial charge in [-0.15, -0.1) is 0 Å². The predicted octanol–water partition coefficient (Wildman–Crippen LogP) is 4.07. The van der Waals surface area contributed by atoms with Gasteiger partial charge in [-0.3, -0.25) is 4.57 Å². The molecule has 0 aliphatic carbocycles. The van der Waals surface area contributed by atoms with Crippen molar-refractivity contribution in [1.82, 2.24) is 0 Å². The Morgan fingerprint density at radius 1 is 1.05 bits per heavy atom. The fraction of sp³-hybridized carbons (Fsp3) is 0.571. The minimum atomic E-state index is -3.52. The van der Waals surface area contributed by atoms with Gasteiger partial charge in [-0.2, -0.15) is 0 Å². The van der Waals surface area contributed by atoms with Crippen LogP contribution in [0.2, 0.25) is 0 Å². The third kappa shape index (κ3) is 4.15. The lowest BCUT2D eigenvalue weighted by Crippen LogP contribution is -2.06. The van der Waals surface area contributed by atoms with Crippen molar-refractivity contribution in [2.45, 2.75) is 39.5 Å². The van der Waals surface area contributed by atoms with Crippen LogP contribution >= 0.6 is 7.60 Å². The summed E-state index contributed by atoms with van der Waals surface area (Å²) >= 11 is 0. The summed E-state index contributed by atoms with van der Waals surface area (Å²) in [7, 11) is -3.52. The summed E-state index contributed by atoms with van der Waals surface area (Å²) in [6.45, 7) is 8.10. The maximum Gasteiger partial charge on any atom is 0.363 e. The van der Waals surface area contributed by atoms with Crippen LogP contribution in [0.15, 0.2) is 24.3 Å². The number of hydrogen-bond donors (Lipinski definition) is 1. The van der Waals surface area contributed by atoms with E-state index in [1.165, 1.54) is 5.56 Å². The van der Waals surface area contributed by atoms with E-state index in [2.05, 4.69) is 13.8 Å². The molecule has 4 nitrogen and oxygen atoms in total. The van der Waals surface area contributed by atoms with Crippen LogP contribution in [0, 0.1) is 0 Å². The summed E-state index contributed by atoms with van der Waals surface area (Å²) in [5, 5.41) is 10.2. The molecule has 0 fully saturated rings. The van der Waals surface area contributed by atoms with Crippen molar-refractivity contribution in [3.8, 4) is 0 Å². The Morgan fingerprint density at radius 2 is 1.47 bits per heavy atom. The number of hydrogen-bond acceptors (Lipinski definition) is 4. The third-order valence-corrected chi connectivity index (χ3v) is 4.95. The average Bonchev–Trinajstić information content (AvgIpc) is 2.38. The molecule has 1 atom stereocenters. The summed E-state index contributed by atoms with van der Waals surface area (Å²) in [5.41, 5.74) is 1.72. The fourth-order valence-electron chi connectivity index (χ4n) is 1.77. The van der Waals surface area contributed by atoms with Gasteiger partial charge in [0, 0.05) is 0 Å². The van der Waals surface area contributed by atoms with Gasteiger partial charge in [-0.25, -0.2) is 0 Å². The molecule has 1 aromatic rings. The van der Waals surface area contributed by atoms with Crippen molar-refractivity contribution < 1.29 is 18.7 Å². The monoisotopic (exact) mass is 286 g/mol. The lowest BCUT2D eigenvalue weighted by Gasteiger charge is -2.22. The molecule has 0 aliphatic heterocycles. The largest absolute Gasteiger partial charge is 0.376 e. The quantitative estimate of drug-likeness (QED) is 0.768. The highest BCUT2D eigenvalue weighted by atomic mass is 31.2. The summed E-state index contributed by atoms with van der Waals surface area (Å²) in [6.07, 6.45) is 0. The van der Waals surface area contributed by atoms with E-state index in [0.717, 1.165) is 0 Å². The Morgan fingerprint density at radius 3 is 1.84 bits per heavy atom. The summed E-state index contributed by atoms with van der Waals surface area (Å²) in [6, 6.07) is 7.38. The molecule has 1 N–H and O–H groups in total. The van der Waals surface area contributed by atoms with Crippen LogP contribution in [-0.2, 0) is 13.6 Å². The van der Waals surface area contributed by atoms with E-state index < -0.39 is 13.4 Å². The first-order valence-electron chi connectivity index (χ1n) is 6.61. The van der Waals surface area contributed by atoms with E-state index in [1.807, 2.05) is 12.1 Å². The Labute approximate surface area is 115 Å². The molecule has 0 amide bonds. The van der Waals surface area contributed by atoms with E-state index >= 15 is 0 Å². The third-order valence-electron chi connectivity index (χ3n) is 2.82. The van der Waals surface area contributed by atoms with Crippen molar-refractivity contribution in [2.75, 3.05) is 13.2 Å². The van der Waals surface area contributed by atoms with Crippen molar-refractivity contribution in [3.63, 3.8) is 0 Å². The van der Waals surface area contributed by atoms with Gasteiger partial charge >= 0.3 is 7.60 Å². The topological polar surface area (TPSA) is 55.8 Å². The zero-order valence-corrected chi connectivity index (χ0v) is 12.9. The Kier molecular flexibility index (Phi) is 6.21. The molecule has 1 aromatic carbocycles. The van der Waals surface area contributed by atoms with Gasteiger partial charge in [0.05, 0.1) is 13.2 Å². The molecule has 0 saturated carbocycles. The summed E-state index contributed by atoms with van der Waals surface area (Å²) in [4.78, 5) is 0.